The number of rotatable bonds is 1. The average molecular weight is 269 g/mol. The zero-order chi connectivity index (χ0) is 12.8. The van der Waals surface area contributed by atoms with Crippen molar-refractivity contribution in [2.24, 2.45) is 0 Å². The normalized spacial score (nSPS) is 39.6. The quantitative estimate of drug-likeness (QED) is 0.792. The van der Waals surface area contributed by atoms with Crippen molar-refractivity contribution in [3.05, 3.63) is 29.8 Å². The number of hydrogen-bond donors (Lipinski definition) is 1. The van der Waals surface area contributed by atoms with E-state index in [9.17, 15) is 13.7 Å². The minimum absolute atomic E-state index is 0.0348. The van der Waals surface area contributed by atoms with Crippen LogP contribution < -0.4 is 0 Å². The lowest BCUT2D eigenvalue weighted by Gasteiger charge is -2.43. The van der Waals surface area contributed by atoms with Crippen LogP contribution in [0.1, 0.15) is 37.8 Å². The predicted molar refractivity (Wildman–Crippen MR) is 66.9 cm³/mol. The van der Waals surface area contributed by atoms with E-state index < -0.39 is 22.3 Å². The molecule has 18 heavy (non-hydrogen) atoms. The molecule has 2 unspecified atom stereocenters. The molecule has 5 heteroatoms. The third-order valence-electron chi connectivity index (χ3n) is 4.03. The molecule has 0 amide bonds. The number of halogens is 1. The maximum absolute atomic E-state index is 13.2. The number of fused-ring (bicyclic) bond motifs is 2. The van der Waals surface area contributed by atoms with Gasteiger partial charge < -0.3 is 5.11 Å². The fourth-order valence-electron chi connectivity index (χ4n) is 3.16. The molecule has 0 aliphatic carbocycles. The summed E-state index contributed by atoms with van der Waals surface area (Å²) >= 11 is 0. The van der Waals surface area contributed by atoms with Gasteiger partial charge in [-0.05, 0) is 37.8 Å². The van der Waals surface area contributed by atoms with Crippen LogP contribution in [0.3, 0.4) is 0 Å². The van der Waals surface area contributed by atoms with Crippen LogP contribution in [0.2, 0.25) is 0 Å². The molecule has 0 radical (unpaired) electrons. The van der Waals surface area contributed by atoms with Crippen molar-refractivity contribution in [3.63, 3.8) is 0 Å². The van der Waals surface area contributed by atoms with Gasteiger partial charge in [0.05, 0.1) is 5.69 Å². The Hall–Kier alpha value is -0.810. The summed E-state index contributed by atoms with van der Waals surface area (Å²) in [6, 6.07) is 4.50. The smallest absolute Gasteiger partial charge is 0.213 e. The summed E-state index contributed by atoms with van der Waals surface area (Å²) in [5.41, 5.74) is -0.720. The largest absolute Gasteiger partial charge is 0.383 e. The maximum atomic E-state index is 13.2. The highest BCUT2D eigenvalue weighted by molar-refractivity contribution is 7.86. The van der Waals surface area contributed by atoms with E-state index in [2.05, 4.69) is 4.98 Å². The van der Waals surface area contributed by atoms with E-state index in [1.165, 1.54) is 6.07 Å². The minimum atomic E-state index is -1.11. The van der Waals surface area contributed by atoms with Crippen LogP contribution in [0.5, 0.6) is 0 Å². The fourth-order valence-corrected chi connectivity index (χ4v) is 5.38. The maximum Gasteiger partial charge on any atom is 0.213 e. The number of aliphatic hydroxyl groups is 1. The highest BCUT2D eigenvalue weighted by Gasteiger charge is 2.47. The van der Waals surface area contributed by atoms with Gasteiger partial charge in [-0.15, -0.1) is 0 Å². The highest BCUT2D eigenvalue weighted by Crippen LogP contribution is 2.43. The molecule has 3 nitrogen and oxygen atoms in total. The van der Waals surface area contributed by atoms with Gasteiger partial charge in [-0.3, -0.25) is 4.21 Å². The first kappa shape index (κ1) is 12.2. The molecule has 2 atom stereocenters. The van der Waals surface area contributed by atoms with Gasteiger partial charge in [0, 0.05) is 21.3 Å². The molecule has 3 rings (SSSR count). The van der Waals surface area contributed by atoms with E-state index >= 15 is 0 Å². The molecule has 1 aromatic heterocycles. The molecule has 2 aliphatic rings. The molecule has 1 N–H and O–H groups in total. The van der Waals surface area contributed by atoms with Crippen molar-refractivity contribution in [3.8, 4) is 0 Å². The topological polar surface area (TPSA) is 50.2 Å². The summed E-state index contributed by atoms with van der Waals surface area (Å²) in [6.07, 6.45) is 3.73. The van der Waals surface area contributed by atoms with E-state index in [1.54, 1.807) is 12.1 Å². The van der Waals surface area contributed by atoms with Gasteiger partial charge in [0.15, 0.2) is 0 Å². The van der Waals surface area contributed by atoms with Crippen LogP contribution in [0.15, 0.2) is 18.2 Å². The Morgan fingerprint density at radius 1 is 1.33 bits per heavy atom. The van der Waals surface area contributed by atoms with E-state index in [0.29, 0.717) is 18.5 Å². The van der Waals surface area contributed by atoms with E-state index in [-0.39, 0.29) is 10.5 Å². The van der Waals surface area contributed by atoms with Crippen LogP contribution in [0.25, 0.3) is 0 Å². The second-order valence-corrected chi connectivity index (χ2v) is 7.28. The predicted octanol–water partition coefficient (Wildman–Crippen LogP) is 1.87. The summed E-state index contributed by atoms with van der Waals surface area (Å²) in [7, 11) is -0.843. The molecule has 2 aliphatic heterocycles. The van der Waals surface area contributed by atoms with E-state index in [4.69, 9.17) is 0 Å². The monoisotopic (exact) mass is 269 g/mol. The second kappa shape index (κ2) is 4.38. The standard InChI is InChI=1S/C13H16FNO2S/c14-12-6-2-5-11(15-12)13(16)7-9-3-1-4-10(8-13)18(9)17/h2,5-6,9-10,16H,1,3-4,7-8H2. The molecule has 2 fully saturated rings. The van der Waals surface area contributed by atoms with Gasteiger partial charge in [-0.2, -0.15) is 4.39 Å². The first-order valence-corrected chi connectivity index (χ1v) is 7.61. The van der Waals surface area contributed by atoms with Crippen molar-refractivity contribution in [2.75, 3.05) is 0 Å². The highest BCUT2D eigenvalue weighted by atomic mass is 32.2. The van der Waals surface area contributed by atoms with Gasteiger partial charge in [0.1, 0.15) is 5.60 Å². The van der Waals surface area contributed by atoms with Crippen LogP contribution >= 0.6 is 0 Å². The van der Waals surface area contributed by atoms with Gasteiger partial charge in [-0.25, -0.2) is 4.98 Å². The van der Waals surface area contributed by atoms with E-state index in [0.717, 1.165) is 19.3 Å². The third kappa shape index (κ3) is 1.99. The Bertz CT molecular complexity index is 478. The molecule has 2 bridgehead atoms. The zero-order valence-electron chi connectivity index (χ0n) is 10.0. The molecule has 0 spiro atoms. The number of hydrogen-bond acceptors (Lipinski definition) is 3. The summed E-state index contributed by atoms with van der Waals surface area (Å²) < 4.78 is 25.3. The van der Waals surface area contributed by atoms with Gasteiger partial charge >= 0.3 is 0 Å². The second-order valence-electron chi connectivity index (χ2n) is 5.29. The lowest BCUT2D eigenvalue weighted by molar-refractivity contribution is 0.00182. The molecule has 0 aromatic carbocycles. The average Bonchev–Trinajstić information content (AvgIpc) is 2.31. The van der Waals surface area contributed by atoms with Crippen molar-refractivity contribution in [1.82, 2.24) is 4.98 Å². The molecule has 1 aromatic rings. The number of pyridine rings is 1. The Balaban J connectivity index is 1.94. The van der Waals surface area contributed by atoms with Crippen LogP contribution in [0.4, 0.5) is 4.39 Å². The molecular weight excluding hydrogens is 253 g/mol. The Kier molecular flexibility index (Phi) is 2.98. The first-order valence-electron chi connectivity index (χ1n) is 6.33. The van der Waals surface area contributed by atoms with Crippen molar-refractivity contribution in [1.29, 1.82) is 0 Å². The van der Waals surface area contributed by atoms with Crippen molar-refractivity contribution < 1.29 is 13.7 Å². The number of nitrogens with zero attached hydrogens (tertiary/aromatic N) is 1. The van der Waals surface area contributed by atoms with Crippen LogP contribution in [0, 0.1) is 5.95 Å². The Morgan fingerprint density at radius 3 is 2.61 bits per heavy atom. The molecule has 0 saturated carbocycles. The van der Waals surface area contributed by atoms with Gasteiger partial charge in [0.2, 0.25) is 5.95 Å². The lowest BCUT2D eigenvalue weighted by atomic mass is 9.83. The third-order valence-corrected chi connectivity index (χ3v) is 6.15. The SMILES string of the molecule is O=S1C2CCCC1CC(O)(c1cccc(F)n1)C2. The van der Waals surface area contributed by atoms with Gasteiger partial charge in [0.25, 0.3) is 0 Å². The van der Waals surface area contributed by atoms with Crippen LogP contribution in [-0.2, 0) is 16.4 Å². The number of aromatic nitrogens is 1. The first-order chi connectivity index (χ1) is 8.58. The molecule has 98 valence electrons. The van der Waals surface area contributed by atoms with Crippen molar-refractivity contribution >= 4 is 10.8 Å². The summed E-state index contributed by atoms with van der Waals surface area (Å²) in [4.78, 5) is 3.81. The summed E-state index contributed by atoms with van der Waals surface area (Å²) in [6.45, 7) is 0. The molecule has 3 heterocycles. The van der Waals surface area contributed by atoms with E-state index in [1.807, 2.05) is 0 Å². The lowest BCUT2D eigenvalue weighted by Crippen LogP contribution is -2.47. The van der Waals surface area contributed by atoms with Gasteiger partial charge in [-0.1, -0.05) is 12.5 Å². The zero-order valence-corrected chi connectivity index (χ0v) is 10.8. The minimum Gasteiger partial charge on any atom is -0.383 e. The molecular formula is C13H16FNO2S. The Labute approximate surface area is 108 Å². The van der Waals surface area contributed by atoms with Crippen LogP contribution in [-0.4, -0.2) is 24.8 Å². The fraction of sp³-hybridized carbons (Fsp3) is 0.615. The Morgan fingerprint density at radius 2 is 2.00 bits per heavy atom. The summed E-state index contributed by atoms with van der Waals surface area (Å²) in [5.74, 6) is -0.571. The summed E-state index contributed by atoms with van der Waals surface area (Å²) in [5, 5.41) is 10.8. The van der Waals surface area contributed by atoms with Crippen molar-refractivity contribution in [2.45, 2.75) is 48.2 Å². The molecule has 2 saturated heterocycles.